The molecule has 0 aliphatic carbocycles. The molecule has 1 fully saturated rings. The van der Waals surface area contributed by atoms with Gasteiger partial charge in [-0.1, -0.05) is 30.3 Å². The predicted molar refractivity (Wildman–Crippen MR) is 86.9 cm³/mol. The first-order chi connectivity index (χ1) is 10.3. The summed E-state index contributed by atoms with van der Waals surface area (Å²) in [6.07, 6.45) is 3.10. The molecule has 0 radical (unpaired) electrons. The molecule has 1 aliphatic heterocycles. The van der Waals surface area contributed by atoms with Crippen LogP contribution in [-0.4, -0.2) is 29.6 Å². The highest BCUT2D eigenvalue weighted by atomic mass is 15.2. The molecule has 0 spiro atoms. The molecule has 0 bridgehead atoms. The van der Waals surface area contributed by atoms with Gasteiger partial charge >= 0.3 is 0 Å². The number of hydrogen-bond acceptors (Lipinski definition) is 4. The lowest BCUT2D eigenvalue weighted by molar-refractivity contribution is 0.774. The van der Waals surface area contributed by atoms with Crippen LogP contribution in [0, 0.1) is 6.92 Å². The van der Waals surface area contributed by atoms with Crippen LogP contribution in [-0.2, 0) is 0 Å². The van der Waals surface area contributed by atoms with Crippen LogP contribution in [0.2, 0.25) is 0 Å². The van der Waals surface area contributed by atoms with Gasteiger partial charge in [-0.25, -0.2) is 4.98 Å². The summed E-state index contributed by atoms with van der Waals surface area (Å²) < 4.78 is 0. The Bertz CT molecular complexity index is 597. The molecule has 1 N–H and O–H groups in total. The van der Waals surface area contributed by atoms with Crippen molar-refractivity contribution < 1.29 is 0 Å². The minimum atomic E-state index is 0.600. The SMILES string of the molecule is CCNc1ncc(C)c(N2CCC(c3ccccc3)C2)n1. The third-order valence-corrected chi connectivity index (χ3v) is 4.04. The fraction of sp³-hybridized carbons (Fsp3) is 0.412. The average molecular weight is 282 g/mol. The summed E-state index contributed by atoms with van der Waals surface area (Å²) in [6, 6.07) is 10.8. The van der Waals surface area contributed by atoms with E-state index in [9.17, 15) is 0 Å². The lowest BCUT2D eigenvalue weighted by Gasteiger charge is -2.20. The third-order valence-electron chi connectivity index (χ3n) is 4.04. The summed E-state index contributed by atoms with van der Waals surface area (Å²) >= 11 is 0. The molecule has 110 valence electrons. The lowest BCUT2D eigenvalue weighted by Crippen LogP contribution is -2.22. The monoisotopic (exact) mass is 282 g/mol. The molecule has 1 aromatic carbocycles. The summed E-state index contributed by atoms with van der Waals surface area (Å²) in [4.78, 5) is 11.4. The van der Waals surface area contributed by atoms with Crippen molar-refractivity contribution in [2.45, 2.75) is 26.2 Å². The van der Waals surface area contributed by atoms with Gasteiger partial charge in [-0.15, -0.1) is 0 Å². The van der Waals surface area contributed by atoms with Gasteiger partial charge in [-0.3, -0.25) is 0 Å². The van der Waals surface area contributed by atoms with E-state index in [1.165, 1.54) is 12.0 Å². The van der Waals surface area contributed by atoms with Gasteiger partial charge < -0.3 is 10.2 Å². The van der Waals surface area contributed by atoms with Crippen molar-refractivity contribution in [3.8, 4) is 0 Å². The zero-order valence-electron chi connectivity index (χ0n) is 12.7. The van der Waals surface area contributed by atoms with Gasteiger partial charge in [0.05, 0.1) is 0 Å². The smallest absolute Gasteiger partial charge is 0.224 e. The Labute approximate surface area is 126 Å². The van der Waals surface area contributed by atoms with Gasteiger partial charge in [0.15, 0.2) is 0 Å². The maximum atomic E-state index is 4.68. The van der Waals surface area contributed by atoms with E-state index >= 15 is 0 Å². The molecule has 0 saturated carbocycles. The Hall–Kier alpha value is -2.10. The minimum absolute atomic E-state index is 0.600. The molecule has 1 aliphatic rings. The number of aromatic nitrogens is 2. The van der Waals surface area contributed by atoms with Crippen LogP contribution in [0.15, 0.2) is 36.5 Å². The quantitative estimate of drug-likeness (QED) is 0.935. The molecule has 2 aromatic rings. The van der Waals surface area contributed by atoms with Crippen LogP contribution >= 0.6 is 0 Å². The summed E-state index contributed by atoms with van der Waals surface area (Å²) in [5, 5.41) is 3.19. The van der Waals surface area contributed by atoms with Crippen LogP contribution in [0.3, 0.4) is 0 Å². The number of nitrogens with zero attached hydrogens (tertiary/aromatic N) is 3. The van der Waals surface area contributed by atoms with Crippen molar-refractivity contribution in [2.75, 3.05) is 29.9 Å². The van der Waals surface area contributed by atoms with Crippen molar-refractivity contribution in [2.24, 2.45) is 0 Å². The topological polar surface area (TPSA) is 41.1 Å². The molecule has 1 saturated heterocycles. The van der Waals surface area contributed by atoms with Crippen LogP contribution in [0.4, 0.5) is 11.8 Å². The van der Waals surface area contributed by atoms with Crippen LogP contribution < -0.4 is 10.2 Å². The van der Waals surface area contributed by atoms with Crippen molar-refractivity contribution in [3.63, 3.8) is 0 Å². The number of nitrogens with one attached hydrogen (secondary N) is 1. The van der Waals surface area contributed by atoms with Crippen LogP contribution in [0.25, 0.3) is 0 Å². The molecular formula is C17H22N4. The number of benzene rings is 1. The summed E-state index contributed by atoms with van der Waals surface area (Å²) in [6.45, 7) is 7.08. The molecule has 4 nitrogen and oxygen atoms in total. The molecule has 4 heteroatoms. The second-order valence-corrected chi connectivity index (χ2v) is 5.57. The highest BCUT2D eigenvalue weighted by molar-refractivity contribution is 5.50. The summed E-state index contributed by atoms with van der Waals surface area (Å²) in [5.74, 6) is 2.39. The first-order valence-corrected chi connectivity index (χ1v) is 7.65. The molecule has 2 heterocycles. The first-order valence-electron chi connectivity index (χ1n) is 7.65. The van der Waals surface area contributed by atoms with E-state index < -0.39 is 0 Å². The van der Waals surface area contributed by atoms with E-state index in [-0.39, 0.29) is 0 Å². The maximum Gasteiger partial charge on any atom is 0.224 e. The highest BCUT2D eigenvalue weighted by Gasteiger charge is 2.25. The Morgan fingerprint density at radius 2 is 2.10 bits per heavy atom. The van der Waals surface area contributed by atoms with Gasteiger partial charge in [0.1, 0.15) is 5.82 Å². The zero-order valence-corrected chi connectivity index (χ0v) is 12.7. The van der Waals surface area contributed by atoms with Crippen LogP contribution in [0.1, 0.15) is 30.4 Å². The molecular weight excluding hydrogens is 260 g/mol. The molecule has 1 atom stereocenters. The molecule has 1 aromatic heterocycles. The average Bonchev–Trinajstić information content (AvgIpc) is 3.00. The van der Waals surface area contributed by atoms with Gasteiger partial charge in [0.25, 0.3) is 0 Å². The Morgan fingerprint density at radius 1 is 1.29 bits per heavy atom. The minimum Gasteiger partial charge on any atom is -0.356 e. The molecule has 0 amide bonds. The van der Waals surface area contributed by atoms with Crippen molar-refractivity contribution >= 4 is 11.8 Å². The Kier molecular flexibility index (Phi) is 4.04. The summed E-state index contributed by atoms with van der Waals surface area (Å²) in [5.41, 5.74) is 2.57. The third kappa shape index (κ3) is 2.99. The largest absolute Gasteiger partial charge is 0.356 e. The zero-order chi connectivity index (χ0) is 14.7. The Balaban J connectivity index is 1.78. The van der Waals surface area contributed by atoms with Crippen molar-refractivity contribution in [3.05, 3.63) is 47.7 Å². The van der Waals surface area contributed by atoms with E-state index in [4.69, 9.17) is 0 Å². The van der Waals surface area contributed by atoms with Gasteiger partial charge in [0, 0.05) is 37.3 Å². The predicted octanol–water partition coefficient (Wildman–Crippen LogP) is 3.21. The lowest BCUT2D eigenvalue weighted by atomic mass is 9.99. The van der Waals surface area contributed by atoms with Gasteiger partial charge in [-0.2, -0.15) is 4.98 Å². The van der Waals surface area contributed by atoms with Gasteiger partial charge in [0.2, 0.25) is 5.95 Å². The molecule has 21 heavy (non-hydrogen) atoms. The maximum absolute atomic E-state index is 4.68. The Morgan fingerprint density at radius 3 is 2.86 bits per heavy atom. The first kappa shape index (κ1) is 13.9. The number of rotatable bonds is 4. The second kappa shape index (κ2) is 6.12. The number of hydrogen-bond donors (Lipinski definition) is 1. The standard InChI is InChI=1S/C17H22N4/c1-3-18-17-19-11-13(2)16(20-17)21-10-9-15(12-21)14-7-5-4-6-8-14/h4-8,11,15H,3,9-10,12H2,1-2H3,(H,18,19,20). The van der Waals surface area contributed by atoms with Crippen molar-refractivity contribution in [1.29, 1.82) is 0 Å². The van der Waals surface area contributed by atoms with E-state index in [1.807, 2.05) is 6.20 Å². The summed E-state index contributed by atoms with van der Waals surface area (Å²) in [7, 11) is 0. The van der Waals surface area contributed by atoms with E-state index in [1.54, 1.807) is 0 Å². The highest BCUT2D eigenvalue weighted by Crippen LogP contribution is 2.31. The molecule has 3 rings (SSSR count). The van der Waals surface area contributed by atoms with E-state index in [0.717, 1.165) is 37.0 Å². The van der Waals surface area contributed by atoms with E-state index in [2.05, 4.69) is 64.4 Å². The van der Waals surface area contributed by atoms with E-state index in [0.29, 0.717) is 5.92 Å². The number of aryl methyl sites for hydroxylation is 1. The van der Waals surface area contributed by atoms with Crippen LogP contribution in [0.5, 0.6) is 0 Å². The normalized spacial score (nSPS) is 18.0. The molecule has 1 unspecified atom stereocenters. The van der Waals surface area contributed by atoms with Gasteiger partial charge in [-0.05, 0) is 25.8 Å². The van der Waals surface area contributed by atoms with Crippen molar-refractivity contribution in [1.82, 2.24) is 9.97 Å². The second-order valence-electron chi connectivity index (χ2n) is 5.57. The number of anilines is 2. The fourth-order valence-electron chi connectivity index (χ4n) is 2.95. The fourth-order valence-corrected chi connectivity index (χ4v) is 2.95.